The molecule has 1 aromatic heterocycles. The van der Waals surface area contributed by atoms with Gasteiger partial charge in [-0.3, -0.25) is 0 Å². The topological polar surface area (TPSA) is 36.0 Å². The van der Waals surface area contributed by atoms with Gasteiger partial charge in [-0.2, -0.15) is 0 Å². The molecule has 0 amide bonds. The van der Waals surface area contributed by atoms with Crippen molar-refractivity contribution in [3.05, 3.63) is 70.9 Å². The number of nitrogens with one attached hydrogen (secondary N) is 1. The summed E-state index contributed by atoms with van der Waals surface area (Å²) < 4.78 is 0. The highest BCUT2D eigenvalue weighted by atomic mass is 16.3. The summed E-state index contributed by atoms with van der Waals surface area (Å²) in [5.74, 6) is 0. The first kappa shape index (κ1) is 12.9. The van der Waals surface area contributed by atoms with E-state index < -0.39 is 5.60 Å². The van der Waals surface area contributed by atoms with E-state index in [4.69, 9.17) is 0 Å². The summed E-state index contributed by atoms with van der Waals surface area (Å²) in [5, 5.41) is 12.2. The predicted octanol–water partition coefficient (Wildman–Crippen LogP) is 4.04. The van der Waals surface area contributed by atoms with Crippen LogP contribution in [0, 0.1) is 13.8 Å². The van der Waals surface area contributed by atoms with Gasteiger partial charge in [-0.05, 0) is 61.0 Å². The lowest BCUT2D eigenvalue weighted by Gasteiger charge is -2.27. The van der Waals surface area contributed by atoms with Gasteiger partial charge in [-0.1, -0.05) is 29.8 Å². The highest BCUT2D eigenvalue weighted by Crippen LogP contribution is 2.33. The van der Waals surface area contributed by atoms with Gasteiger partial charge < -0.3 is 10.1 Å². The summed E-state index contributed by atoms with van der Waals surface area (Å²) in [4.78, 5) is 3.18. The predicted molar refractivity (Wildman–Crippen MR) is 82.9 cm³/mol. The number of aliphatic hydroxyl groups is 1. The van der Waals surface area contributed by atoms with E-state index in [1.807, 2.05) is 51.2 Å². The second-order valence-electron chi connectivity index (χ2n) is 5.67. The molecule has 0 fully saturated rings. The maximum Gasteiger partial charge on any atom is 0.112 e. The van der Waals surface area contributed by atoms with E-state index in [2.05, 4.69) is 23.2 Å². The highest BCUT2D eigenvalue weighted by molar-refractivity contribution is 5.80. The van der Waals surface area contributed by atoms with Gasteiger partial charge in [-0.25, -0.2) is 0 Å². The smallest absolute Gasteiger partial charge is 0.112 e. The third kappa shape index (κ3) is 2.02. The molecular formula is C18H19NO. The van der Waals surface area contributed by atoms with E-state index in [1.54, 1.807) is 0 Å². The van der Waals surface area contributed by atoms with Crippen molar-refractivity contribution < 1.29 is 5.11 Å². The monoisotopic (exact) mass is 265 g/mol. The van der Waals surface area contributed by atoms with Crippen LogP contribution in [-0.2, 0) is 5.60 Å². The van der Waals surface area contributed by atoms with Gasteiger partial charge in [0.05, 0.1) is 0 Å². The average Bonchev–Trinajstić information content (AvgIpc) is 2.88. The number of hydrogen-bond donors (Lipinski definition) is 2. The van der Waals surface area contributed by atoms with Gasteiger partial charge in [0.2, 0.25) is 0 Å². The van der Waals surface area contributed by atoms with E-state index in [0.29, 0.717) is 0 Å². The molecule has 0 saturated heterocycles. The molecule has 0 spiro atoms. The van der Waals surface area contributed by atoms with Crippen LogP contribution in [0.1, 0.15) is 29.2 Å². The van der Waals surface area contributed by atoms with Crippen LogP contribution in [0.3, 0.4) is 0 Å². The average molecular weight is 265 g/mol. The molecule has 2 nitrogen and oxygen atoms in total. The number of hydrogen-bond acceptors (Lipinski definition) is 1. The van der Waals surface area contributed by atoms with Crippen LogP contribution in [0.25, 0.3) is 10.9 Å². The number of fused-ring (bicyclic) bond motifs is 1. The zero-order valence-electron chi connectivity index (χ0n) is 12.1. The van der Waals surface area contributed by atoms with Gasteiger partial charge in [0.25, 0.3) is 0 Å². The summed E-state index contributed by atoms with van der Waals surface area (Å²) in [5.41, 5.74) is 4.25. The molecule has 1 atom stereocenters. The molecule has 1 unspecified atom stereocenters. The van der Waals surface area contributed by atoms with Crippen molar-refractivity contribution in [3.8, 4) is 0 Å². The largest absolute Gasteiger partial charge is 0.381 e. The second kappa shape index (κ2) is 4.50. The standard InChI is InChI=1S/C18H19NO/c1-12-4-5-13(2)16(10-12)18(3,20)15-6-7-17-14(11-15)8-9-19-17/h4-11,19-20H,1-3H3. The molecule has 0 aliphatic heterocycles. The van der Waals surface area contributed by atoms with E-state index in [1.165, 1.54) is 0 Å². The van der Waals surface area contributed by atoms with Crippen molar-refractivity contribution in [1.29, 1.82) is 0 Å². The minimum atomic E-state index is -0.985. The van der Waals surface area contributed by atoms with E-state index in [-0.39, 0.29) is 0 Å². The Hall–Kier alpha value is -2.06. The van der Waals surface area contributed by atoms with E-state index in [9.17, 15) is 5.11 Å². The van der Waals surface area contributed by atoms with Crippen LogP contribution in [-0.4, -0.2) is 10.1 Å². The van der Waals surface area contributed by atoms with Crippen LogP contribution in [0.4, 0.5) is 0 Å². The Kier molecular flexibility index (Phi) is 2.91. The Balaban J connectivity index is 2.16. The van der Waals surface area contributed by atoms with Gasteiger partial charge in [-0.15, -0.1) is 0 Å². The molecule has 0 bridgehead atoms. The van der Waals surface area contributed by atoms with Gasteiger partial charge in [0, 0.05) is 11.7 Å². The first-order chi connectivity index (χ1) is 9.48. The number of H-pyrrole nitrogens is 1. The fourth-order valence-corrected chi connectivity index (χ4v) is 2.77. The SMILES string of the molecule is Cc1ccc(C)c(C(C)(O)c2ccc3[nH]ccc3c2)c1. The summed E-state index contributed by atoms with van der Waals surface area (Å²) in [6, 6.07) is 14.3. The Morgan fingerprint density at radius 2 is 1.80 bits per heavy atom. The normalized spacial score (nSPS) is 14.4. The minimum absolute atomic E-state index is 0.915. The minimum Gasteiger partial charge on any atom is -0.381 e. The summed E-state index contributed by atoms with van der Waals surface area (Å²) in [6.45, 7) is 5.95. The van der Waals surface area contributed by atoms with Crippen LogP contribution >= 0.6 is 0 Å². The third-order valence-corrected chi connectivity index (χ3v) is 4.03. The number of benzene rings is 2. The molecule has 2 aromatic carbocycles. The number of aromatic nitrogens is 1. The summed E-state index contributed by atoms with van der Waals surface area (Å²) in [7, 11) is 0. The van der Waals surface area contributed by atoms with Crippen molar-refractivity contribution in [2.45, 2.75) is 26.4 Å². The number of aryl methyl sites for hydroxylation is 2. The highest BCUT2D eigenvalue weighted by Gasteiger charge is 2.27. The summed E-state index contributed by atoms with van der Waals surface area (Å²) >= 11 is 0. The van der Waals surface area contributed by atoms with Gasteiger partial charge in [0.1, 0.15) is 5.60 Å². The molecule has 2 heteroatoms. The zero-order valence-corrected chi connectivity index (χ0v) is 12.1. The van der Waals surface area contributed by atoms with E-state index in [0.717, 1.165) is 33.2 Å². The molecule has 0 aliphatic carbocycles. The maximum atomic E-state index is 11.0. The molecule has 1 heterocycles. The Morgan fingerprint density at radius 3 is 2.60 bits per heavy atom. The molecule has 0 aliphatic rings. The zero-order chi connectivity index (χ0) is 14.3. The number of rotatable bonds is 2. The third-order valence-electron chi connectivity index (χ3n) is 4.03. The van der Waals surface area contributed by atoms with Crippen molar-refractivity contribution in [3.63, 3.8) is 0 Å². The van der Waals surface area contributed by atoms with Crippen LogP contribution < -0.4 is 0 Å². The fraction of sp³-hybridized carbons (Fsp3) is 0.222. The maximum absolute atomic E-state index is 11.0. The van der Waals surface area contributed by atoms with Crippen molar-refractivity contribution in [2.24, 2.45) is 0 Å². The molecule has 0 radical (unpaired) electrons. The first-order valence-corrected chi connectivity index (χ1v) is 6.86. The Bertz CT molecular complexity index is 768. The molecule has 3 aromatic rings. The summed E-state index contributed by atoms with van der Waals surface area (Å²) in [6.07, 6.45) is 1.92. The van der Waals surface area contributed by atoms with Crippen molar-refractivity contribution in [2.75, 3.05) is 0 Å². The second-order valence-corrected chi connectivity index (χ2v) is 5.67. The lowest BCUT2D eigenvalue weighted by molar-refractivity contribution is 0.102. The molecule has 102 valence electrons. The quantitative estimate of drug-likeness (QED) is 0.720. The van der Waals surface area contributed by atoms with Crippen molar-refractivity contribution >= 4 is 10.9 Å². The lowest BCUT2D eigenvalue weighted by atomic mass is 9.84. The Morgan fingerprint density at radius 1 is 1.00 bits per heavy atom. The van der Waals surface area contributed by atoms with E-state index >= 15 is 0 Å². The van der Waals surface area contributed by atoms with Gasteiger partial charge >= 0.3 is 0 Å². The van der Waals surface area contributed by atoms with Crippen LogP contribution in [0.15, 0.2) is 48.7 Å². The molecule has 0 saturated carbocycles. The van der Waals surface area contributed by atoms with Crippen LogP contribution in [0.5, 0.6) is 0 Å². The van der Waals surface area contributed by atoms with Gasteiger partial charge in [0.15, 0.2) is 0 Å². The number of aromatic amines is 1. The molecule has 3 rings (SSSR count). The fourth-order valence-electron chi connectivity index (χ4n) is 2.77. The first-order valence-electron chi connectivity index (χ1n) is 6.86. The van der Waals surface area contributed by atoms with Crippen molar-refractivity contribution in [1.82, 2.24) is 4.98 Å². The lowest BCUT2D eigenvalue weighted by Crippen LogP contribution is -2.24. The molecule has 2 N–H and O–H groups in total. The van der Waals surface area contributed by atoms with Crippen LogP contribution in [0.2, 0.25) is 0 Å². The molecule has 20 heavy (non-hydrogen) atoms. The Labute approximate surface area is 119 Å². The molecular weight excluding hydrogens is 246 g/mol.